The van der Waals surface area contributed by atoms with E-state index in [-0.39, 0.29) is 5.78 Å². The van der Waals surface area contributed by atoms with Crippen molar-refractivity contribution in [1.29, 1.82) is 0 Å². The van der Waals surface area contributed by atoms with Crippen LogP contribution in [-0.4, -0.2) is 17.4 Å². The number of aromatic nitrogens is 1. The van der Waals surface area contributed by atoms with E-state index in [0.717, 1.165) is 6.42 Å². The van der Waals surface area contributed by atoms with Crippen molar-refractivity contribution in [2.45, 2.75) is 33.6 Å². The summed E-state index contributed by atoms with van der Waals surface area (Å²) < 4.78 is 5.53. The first-order valence-corrected chi connectivity index (χ1v) is 5.73. The van der Waals surface area contributed by atoms with Gasteiger partial charge in [0.1, 0.15) is 0 Å². The van der Waals surface area contributed by atoms with Gasteiger partial charge < -0.3 is 4.74 Å². The molecule has 1 atom stereocenters. The Kier molecular flexibility index (Phi) is 4.96. The van der Waals surface area contributed by atoms with E-state index in [2.05, 4.69) is 18.8 Å². The second-order valence-corrected chi connectivity index (χ2v) is 4.15. The number of hydrogen-bond donors (Lipinski definition) is 0. The number of nitrogens with zero attached hydrogens (tertiary/aromatic N) is 1. The molecule has 0 saturated carbocycles. The van der Waals surface area contributed by atoms with Gasteiger partial charge in [-0.3, -0.25) is 4.79 Å². The van der Waals surface area contributed by atoms with Crippen molar-refractivity contribution in [3.05, 3.63) is 23.9 Å². The van der Waals surface area contributed by atoms with E-state index in [0.29, 0.717) is 24.0 Å². The Labute approximate surface area is 96.8 Å². The predicted molar refractivity (Wildman–Crippen MR) is 63.8 cm³/mol. The van der Waals surface area contributed by atoms with Gasteiger partial charge >= 0.3 is 0 Å². The third-order valence-corrected chi connectivity index (χ3v) is 2.44. The molecule has 3 nitrogen and oxygen atoms in total. The van der Waals surface area contributed by atoms with E-state index >= 15 is 0 Å². The number of ether oxygens (including phenoxy) is 1. The molecule has 16 heavy (non-hydrogen) atoms. The van der Waals surface area contributed by atoms with E-state index in [1.54, 1.807) is 18.3 Å². The lowest BCUT2D eigenvalue weighted by Crippen LogP contribution is -2.09. The molecule has 1 heterocycles. The second-order valence-electron chi connectivity index (χ2n) is 4.15. The molecule has 0 aromatic carbocycles. The molecule has 0 fully saturated rings. The van der Waals surface area contributed by atoms with E-state index in [1.807, 2.05) is 0 Å². The standard InChI is InChI=1S/C13H19NO2/c1-4-5-10(2)9-16-13-7-6-12(8-14-13)11(3)15/h6-8,10H,4-5,9H2,1-3H3. The number of carbonyl (C=O) groups excluding carboxylic acids is 1. The average Bonchev–Trinajstić information content (AvgIpc) is 2.27. The lowest BCUT2D eigenvalue weighted by atomic mass is 10.1. The molecular formula is C13H19NO2. The third kappa shape index (κ3) is 4.01. The van der Waals surface area contributed by atoms with Gasteiger partial charge in [-0.25, -0.2) is 4.98 Å². The van der Waals surface area contributed by atoms with Gasteiger partial charge in [-0.05, 0) is 25.3 Å². The lowest BCUT2D eigenvalue weighted by molar-refractivity contribution is 0.101. The molecule has 3 heteroatoms. The van der Waals surface area contributed by atoms with Gasteiger partial charge in [0.05, 0.1) is 6.61 Å². The highest BCUT2D eigenvalue weighted by Crippen LogP contribution is 2.11. The van der Waals surface area contributed by atoms with Crippen LogP contribution < -0.4 is 4.74 Å². The highest BCUT2D eigenvalue weighted by molar-refractivity contribution is 5.93. The molecule has 1 rings (SSSR count). The average molecular weight is 221 g/mol. The number of ketones is 1. The molecule has 0 saturated heterocycles. The Morgan fingerprint density at radius 3 is 2.75 bits per heavy atom. The SMILES string of the molecule is CCCC(C)COc1ccc(C(C)=O)cn1. The monoisotopic (exact) mass is 221 g/mol. The Morgan fingerprint density at radius 2 is 2.25 bits per heavy atom. The fourth-order valence-electron chi connectivity index (χ4n) is 1.48. The van der Waals surface area contributed by atoms with Crippen molar-refractivity contribution < 1.29 is 9.53 Å². The van der Waals surface area contributed by atoms with Crippen molar-refractivity contribution >= 4 is 5.78 Å². The Morgan fingerprint density at radius 1 is 1.50 bits per heavy atom. The van der Waals surface area contributed by atoms with Crippen molar-refractivity contribution in [2.24, 2.45) is 5.92 Å². The maximum Gasteiger partial charge on any atom is 0.213 e. The number of hydrogen-bond acceptors (Lipinski definition) is 3. The number of Topliss-reactive ketones (excluding diaryl/α,β-unsaturated/α-hetero) is 1. The maximum absolute atomic E-state index is 11.0. The van der Waals surface area contributed by atoms with E-state index in [1.165, 1.54) is 13.3 Å². The summed E-state index contributed by atoms with van der Waals surface area (Å²) in [4.78, 5) is 15.1. The molecule has 0 amide bonds. The van der Waals surface area contributed by atoms with Crippen LogP contribution in [0, 0.1) is 5.92 Å². The Bertz CT molecular complexity index is 332. The smallest absolute Gasteiger partial charge is 0.213 e. The molecule has 0 spiro atoms. The third-order valence-electron chi connectivity index (χ3n) is 2.44. The molecule has 0 aliphatic heterocycles. The van der Waals surface area contributed by atoms with Crippen LogP contribution in [0.25, 0.3) is 0 Å². The molecule has 0 radical (unpaired) electrons. The van der Waals surface area contributed by atoms with Gasteiger partial charge in [0.25, 0.3) is 0 Å². The first-order chi connectivity index (χ1) is 7.63. The summed E-state index contributed by atoms with van der Waals surface area (Å²) in [5.41, 5.74) is 0.619. The number of rotatable bonds is 6. The Balaban J connectivity index is 2.46. The predicted octanol–water partition coefficient (Wildman–Crippen LogP) is 3.10. The zero-order chi connectivity index (χ0) is 12.0. The molecular weight excluding hydrogens is 202 g/mol. The highest BCUT2D eigenvalue weighted by Gasteiger charge is 2.04. The molecule has 0 N–H and O–H groups in total. The van der Waals surface area contributed by atoms with Crippen molar-refractivity contribution in [1.82, 2.24) is 4.98 Å². The summed E-state index contributed by atoms with van der Waals surface area (Å²) in [5.74, 6) is 1.16. The molecule has 1 unspecified atom stereocenters. The summed E-state index contributed by atoms with van der Waals surface area (Å²) >= 11 is 0. The van der Waals surface area contributed by atoms with Crippen molar-refractivity contribution in [3.8, 4) is 5.88 Å². The minimum atomic E-state index is 0.0263. The molecule has 0 aliphatic rings. The topological polar surface area (TPSA) is 39.2 Å². The minimum absolute atomic E-state index is 0.0263. The fraction of sp³-hybridized carbons (Fsp3) is 0.538. The van der Waals surface area contributed by atoms with Gasteiger partial charge in [-0.1, -0.05) is 20.3 Å². The van der Waals surface area contributed by atoms with Gasteiger partial charge in [-0.2, -0.15) is 0 Å². The summed E-state index contributed by atoms with van der Waals surface area (Å²) in [6, 6.07) is 3.49. The maximum atomic E-state index is 11.0. The van der Waals surface area contributed by atoms with Crippen LogP contribution in [0.3, 0.4) is 0 Å². The summed E-state index contributed by atoms with van der Waals surface area (Å²) in [5, 5.41) is 0. The van der Waals surface area contributed by atoms with Crippen molar-refractivity contribution in [2.75, 3.05) is 6.61 Å². The Hall–Kier alpha value is -1.38. The zero-order valence-corrected chi connectivity index (χ0v) is 10.2. The van der Waals surface area contributed by atoms with Crippen LogP contribution in [0.4, 0.5) is 0 Å². The van der Waals surface area contributed by atoms with Crippen LogP contribution in [0.2, 0.25) is 0 Å². The van der Waals surface area contributed by atoms with Crippen LogP contribution in [0.1, 0.15) is 44.0 Å². The highest BCUT2D eigenvalue weighted by atomic mass is 16.5. The molecule has 1 aromatic heterocycles. The van der Waals surface area contributed by atoms with Crippen LogP contribution >= 0.6 is 0 Å². The summed E-state index contributed by atoms with van der Waals surface area (Å²) in [6.07, 6.45) is 3.88. The molecule has 0 aliphatic carbocycles. The van der Waals surface area contributed by atoms with E-state index in [9.17, 15) is 4.79 Å². The molecule has 0 bridgehead atoms. The molecule has 88 valence electrons. The zero-order valence-electron chi connectivity index (χ0n) is 10.2. The minimum Gasteiger partial charge on any atom is -0.477 e. The molecule has 1 aromatic rings. The number of pyridine rings is 1. The van der Waals surface area contributed by atoms with Crippen LogP contribution in [-0.2, 0) is 0 Å². The van der Waals surface area contributed by atoms with Gasteiger partial charge in [0, 0.05) is 17.8 Å². The number of carbonyl (C=O) groups is 1. The fourth-order valence-corrected chi connectivity index (χ4v) is 1.48. The second kappa shape index (κ2) is 6.26. The van der Waals surface area contributed by atoms with E-state index < -0.39 is 0 Å². The van der Waals surface area contributed by atoms with E-state index in [4.69, 9.17) is 4.74 Å². The normalized spacial score (nSPS) is 12.2. The summed E-state index contributed by atoms with van der Waals surface area (Å²) in [6.45, 7) is 6.53. The summed E-state index contributed by atoms with van der Waals surface area (Å²) in [7, 11) is 0. The largest absolute Gasteiger partial charge is 0.477 e. The van der Waals surface area contributed by atoms with Gasteiger partial charge in [0.2, 0.25) is 5.88 Å². The first-order valence-electron chi connectivity index (χ1n) is 5.73. The van der Waals surface area contributed by atoms with Crippen molar-refractivity contribution in [3.63, 3.8) is 0 Å². The van der Waals surface area contributed by atoms with Crippen LogP contribution in [0.5, 0.6) is 5.88 Å². The van der Waals surface area contributed by atoms with Gasteiger partial charge in [0.15, 0.2) is 5.78 Å². The van der Waals surface area contributed by atoms with Crippen LogP contribution in [0.15, 0.2) is 18.3 Å². The first kappa shape index (κ1) is 12.7. The quantitative estimate of drug-likeness (QED) is 0.693. The van der Waals surface area contributed by atoms with Gasteiger partial charge in [-0.15, -0.1) is 0 Å². The lowest BCUT2D eigenvalue weighted by Gasteiger charge is -2.11.